The lowest BCUT2D eigenvalue weighted by molar-refractivity contribution is -0.139. The molecule has 2 rings (SSSR count). The van der Waals surface area contributed by atoms with Crippen LogP contribution in [0.5, 0.6) is 0 Å². The van der Waals surface area contributed by atoms with E-state index in [9.17, 15) is 19.2 Å². The van der Waals surface area contributed by atoms with Crippen LogP contribution in [0.25, 0.3) is 0 Å². The zero-order valence-corrected chi connectivity index (χ0v) is 25.1. The first-order valence-electron chi connectivity index (χ1n) is 12.9. The average Bonchev–Trinajstić information content (AvgIpc) is 2.94. The smallest absolute Gasteiger partial charge is 0.336 e. The molecule has 1 aromatic rings. The first kappa shape index (κ1) is 36.6. The number of ether oxygens (including phenoxy) is 4. The summed E-state index contributed by atoms with van der Waals surface area (Å²) >= 11 is 12.8. The van der Waals surface area contributed by atoms with Crippen molar-refractivity contribution in [3.63, 3.8) is 0 Å². The fourth-order valence-electron chi connectivity index (χ4n) is 3.76. The monoisotopic (exact) mass is 630 g/mol. The van der Waals surface area contributed by atoms with E-state index in [2.05, 4.69) is 5.32 Å². The summed E-state index contributed by atoms with van der Waals surface area (Å²) in [7, 11) is 1.28. The lowest BCUT2D eigenvalue weighted by Gasteiger charge is -2.31. The van der Waals surface area contributed by atoms with Crippen LogP contribution in [-0.4, -0.2) is 80.8 Å². The summed E-state index contributed by atoms with van der Waals surface area (Å²) in [4.78, 5) is 45.0. The summed E-state index contributed by atoms with van der Waals surface area (Å²) in [6.45, 7) is 5.84. The van der Waals surface area contributed by atoms with Gasteiger partial charge in [0, 0.05) is 37.7 Å². The van der Waals surface area contributed by atoms with Crippen molar-refractivity contribution in [3.8, 4) is 0 Å². The largest absolute Gasteiger partial charge is 0.478 e. The third-order valence-electron chi connectivity index (χ3n) is 5.52. The van der Waals surface area contributed by atoms with E-state index in [4.69, 9.17) is 58.1 Å². The van der Waals surface area contributed by atoms with E-state index in [1.165, 1.54) is 7.11 Å². The maximum absolute atomic E-state index is 13.1. The molecule has 0 bridgehead atoms. The summed E-state index contributed by atoms with van der Waals surface area (Å²) in [6, 6.07) is 5.06. The number of benzene rings is 1. The van der Waals surface area contributed by atoms with Crippen LogP contribution in [0.4, 0.5) is 0 Å². The molecule has 1 heterocycles. The Hall–Kier alpha value is -3.42. The highest BCUT2D eigenvalue weighted by Crippen LogP contribution is 2.43. The second-order valence-corrected chi connectivity index (χ2v) is 9.30. The number of nitrogens with one attached hydrogen (secondary N) is 1. The van der Waals surface area contributed by atoms with Gasteiger partial charge in [-0.15, -0.1) is 0 Å². The summed E-state index contributed by atoms with van der Waals surface area (Å²) in [6.07, 6.45) is 2.60. The molecule has 5 N–H and O–H groups in total. The van der Waals surface area contributed by atoms with E-state index >= 15 is 0 Å². The first-order valence-corrected chi connectivity index (χ1v) is 13.6. The summed E-state index contributed by atoms with van der Waals surface area (Å²) in [5.41, 5.74) is 7.40. The SMILES string of the molecule is CCOC(=O)C1=C(COCCCOCCCN)NC(C)=C(C(=O)OC)[C@H]1c1cccc(Cl)c1Cl.O=C(O)/C=C/C(=O)O. The minimum atomic E-state index is -1.26. The highest BCUT2D eigenvalue weighted by atomic mass is 35.5. The van der Waals surface area contributed by atoms with Crippen molar-refractivity contribution < 1.29 is 48.3 Å². The number of rotatable bonds is 15. The Bertz CT molecular complexity index is 1180. The van der Waals surface area contributed by atoms with Gasteiger partial charge < -0.3 is 40.2 Å². The Labute approximate surface area is 254 Å². The van der Waals surface area contributed by atoms with Crippen molar-refractivity contribution in [2.24, 2.45) is 5.73 Å². The molecular weight excluding hydrogens is 595 g/mol. The second kappa shape index (κ2) is 19.7. The van der Waals surface area contributed by atoms with E-state index in [0.29, 0.717) is 66.9 Å². The Morgan fingerprint density at radius 2 is 1.60 bits per heavy atom. The van der Waals surface area contributed by atoms with Gasteiger partial charge >= 0.3 is 23.9 Å². The predicted octanol–water partition coefficient (Wildman–Crippen LogP) is 3.43. The molecule has 0 saturated carbocycles. The van der Waals surface area contributed by atoms with Gasteiger partial charge in [0.1, 0.15) is 0 Å². The van der Waals surface area contributed by atoms with Crippen molar-refractivity contribution >= 4 is 47.1 Å². The van der Waals surface area contributed by atoms with Gasteiger partial charge in [0.05, 0.1) is 53.1 Å². The van der Waals surface area contributed by atoms with Gasteiger partial charge in [0.15, 0.2) is 0 Å². The molecule has 0 unspecified atom stereocenters. The molecule has 1 aliphatic heterocycles. The standard InChI is InChI=1S/C24H32Cl2N2O6.C4H4O4/c1-4-34-24(30)21-18(14-33-13-7-12-32-11-6-10-27)28-15(2)19(23(29)31-3)20(21)16-8-5-9-17(25)22(16)26;5-3(6)1-2-4(7)8/h5,8-9,20,28H,4,6-7,10-14,27H2,1-3H3;1-2H,(H,5,6)(H,7,8)/b;2-1+/t20-;/m1./s1. The molecule has 232 valence electrons. The van der Waals surface area contributed by atoms with Crippen molar-refractivity contribution in [1.29, 1.82) is 0 Å². The maximum atomic E-state index is 13.1. The zero-order chi connectivity index (χ0) is 31.7. The van der Waals surface area contributed by atoms with Gasteiger partial charge in [0.2, 0.25) is 0 Å². The van der Waals surface area contributed by atoms with Crippen LogP contribution in [0.2, 0.25) is 10.0 Å². The van der Waals surface area contributed by atoms with E-state index in [1.807, 2.05) is 0 Å². The van der Waals surface area contributed by atoms with Crippen LogP contribution in [-0.2, 0) is 38.1 Å². The molecule has 0 saturated heterocycles. The number of carboxylic acid groups (broad SMARTS) is 2. The molecule has 1 atom stereocenters. The molecule has 42 heavy (non-hydrogen) atoms. The Morgan fingerprint density at radius 3 is 2.17 bits per heavy atom. The third-order valence-corrected chi connectivity index (χ3v) is 6.36. The number of methoxy groups -OCH3 is 1. The molecule has 0 aromatic heterocycles. The van der Waals surface area contributed by atoms with Crippen LogP contribution >= 0.6 is 23.2 Å². The number of hydrogen-bond acceptors (Lipinski definition) is 10. The Kier molecular flexibility index (Phi) is 17.1. The topological polar surface area (TPSA) is 184 Å². The van der Waals surface area contributed by atoms with Crippen molar-refractivity contribution in [3.05, 3.63) is 68.5 Å². The first-order chi connectivity index (χ1) is 20.0. The molecule has 0 radical (unpaired) electrons. The molecule has 1 aliphatic rings. The second-order valence-electron chi connectivity index (χ2n) is 8.51. The molecular formula is C28H36Cl2N2O10. The summed E-state index contributed by atoms with van der Waals surface area (Å²) < 4.78 is 21.7. The van der Waals surface area contributed by atoms with E-state index in [0.717, 1.165) is 6.42 Å². The molecule has 0 aliphatic carbocycles. The summed E-state index contributed by atoms with van der Waals surface area (Å²) in [5.74, 6) is -4.55. The third kappa shape index (κ3) is 11.8. The number of nitrogens with two attached hydrogens (primary N) is 1. The van der Waals surface area contributed by atoms with Gasteiger partial charge in [-0.2, -0.15) is 0 Å². The van der Waals surface area contributed by atoms with Crippen LogP contribution < -0.4 is 11.1 Å². The number of aliphatic carboxylic acids is 2. The Morgan fingerprint density at radius 1 is 0.976 bits per heavy atom. The fraction of sp³-hybridized carbons (Fsp3) is 0.429. The van der Waals surface area contributed by atoms with Crippen LogP contribution in [0.1, 0.15) is 38.2 Å². The number of allylic oxidation sites excluding steroid dienone is 1. The van der Waals surface area contributed by atoms with Crippen LogP contribution in [0.3, 0.4) is 0 Å². The van der Waals surface area contributed by atoms with Crippen molar-refractivity contribution in [1.82, 2.24) is 5.32 Å². The lowest BCUT2D eigenvalue weighted by Crippen LogP contribution is -2.35. The quantitative estimate of drug-likeness (QED) is 0.126. The van der Waals surface area contributed by atoms with Gasteiger partial charge in [-0.1, -0.05) is 35.3 Å². The molecule has 0 amide bonds. The number of halogens is 2. The molecule has 12 nitrogen and oxygen atoms in total. The average molecular weight is 632 g/mol. The molecule has 1 aromatic carbocycles. The normalized spacial score (nSPS) is 14.7. The molecule has 14 heteroatoms. The van der Waals surface area contributed by atoms with E-state index in [-0.39, 0.29) is 29.4 Å². The van der Waals surface area contributed by atoms with E-state index < -0.39 is 29.8 Å². The number of carbonyl (C=O) groups is 4. The summed E-state index contributed by atoms with van der Waals surface area (Å²) in [5, 5.41) is 19.3. The van der Waals surface area contributed by atoms with E-state index in [1.54, 1.807) is 32.0 Å². The maximum Gasteiger partial charge on any atom is 0.336 e. The molecule has 0 fully saturated rings. The van der Waals surface area contributed by atoms with Gasteiger partial charge in [-0.3, -0.25) is 0 Å². The van der Waals surface area contributed by atoms with Crippen LogP contribution in [0.15, 0.2) is 52.9 Å². The number of carbonyl (C=O) groups excluding carboxylic acids is 2. The predicted molar refractivity (Wildman–Crippen MR) is 155 cm³/mol. The number of esters is 2. The number of carboxylic acids is 2. The highest BCUT2D eigenvalue weighted by molar-refractivity contribution is 6.42. The van der Waals surface area contributed by atoms with Gasteiger partial charge in [-0.25, -0.2) is 19.2 Å². The number of dihydropyridines is 1. The lowest BCUT2D eigenvalue weighted by atomic mass is 9.80. The minimum Gasteiger partial charge on any atom is -0.478 e. The fourth-order valence-corrected chi connectivity index (χ4v) is 4.18. The zero-order valence-electron chi connectivity index (χ0n) is 23.6. The number of hydrogen-bond donors (Lipinski definition) is 4. The van der Waals surface area contributed by atoms with Gasteiger partial charge in [-0.05, 0) is 44.9 Å². The van der Waals surface area contributed by atoms with Crippen molar-refractivity contribution in [2.45, 2.75) is 32.6 Å². The van der Waals surface area contributed by atoms with Gasteiger partial charge in [0.25, 0.3) is 0 Å². The highest BCUT2D eigenvalue weighted by Gasteiger charge is 2.40. The minimum absolute atomic E-state index is 0.0947. The van der Waals surface area contributed by atoms with Crippen molar-refractivity contribution in [2.75, 3.05) is 46.7 Å². The molecule has 0 spiro atoms. The Balaban J connectivity index is 0.000000962. The van der Waals surface area contributed by atoms with Crippen LogP contribution in [0, 0.1) is 0 Å².